The lowest BCUT2D eigenvalue weighted by molar-refractivity contribution is 0.367. The molecule has 1 aromatic carbocycles. The third-order valence-electron chi connectivity index (χ3n) is 6.36. The summed E-state index contributed by atoms with van der Waals surface area (Å²) in [5.41, 5.74) is 7.18. The molecule has 0 bridgehead atoms. The van der Waals surface area contributed by atoms with Crippen LogP contribution < -0.4 is 10.2 Å². The Morgan fingerprint density at radius 1 is 1.06 bits per heavy atom. The van der Waals surface area contributed by atoms with E-state index in [1.165, 1.54) is 28.3 Å². The van der Waals surface area contributed by atoms with Crippen molar-refractivity contribution in [2.75, 3.05) is 25.0 Å². The Balaban J connectivity index is 1.73. The topological polar surface area (TPSA) is 36.3 Å². The third kappa shape index (κ3) is 3.81. The van der Waals surface area contributed by atoms with E-state index in [-0.39, 0.29) is 12.1 Å². The van der Waals surface area contributed by atoms with Crippen LogP contribution in [0.5, 0.6) is 0 Å². The Labute approximate surface area is 190 Å². The Kier molecular flexibility index (Phi) is 6.01. The van der Waals surface area contributed by atoms with Crippen molar-refractivity contribution < 1.29 is 0 Å². The van der Waals surface area contributed by atoms with Gasteiger partial charge in [-0.2, -0.15) is 0 Å². The zero-order valence-corrected chi connectivity index (χ0v) is 19.8. The summed E-state index contributed by atoms with van der Waals surface area (Å²) < 4.78 is 2.34. The van der Waals surface area contributed by atoms with Gasteiger partial charge in [0.1, 0.15) is 0 Å². The van der Waals surface area contributed by atoms with Crippen LogP contribution >= 0.6 is 12.2 Å². The Morgan fingerprint density at radius 3 is 2.39 bits per heavy atom. The number of rotatable bonds is 6. The van der Waals surface area contributed by atoms with Gasteiger partial charge >= 0.3 is 0 Å². The standard InChI is InChI=1S/C25H31N5S/c1-6-29(7-2)19-11-13-20(14-12-19)30-17(3)16-21(18(30)4)24-23(27-25(31)28(24)5)22-10-8-9-15-26-22/h8-16,23-24H,6-7H2,1-5H3,(H,27,31)/t23-,24+/m1/s1. The van der Waals surface area contributed by atoms with Crippen LogP contribution in [0.1, 0.15) is 48.6 Å². The zero-order chi connectivity index (χ0) is 22.1. The van der Waals surface area contributed by atoms with Gasteiger partial charge in [-0.15, -0.1) is 0 Å². The van der Waals surface area contributed by atoms with E-state index in [2.05, 4.69) is 95.8 Å². The van der Waals surface area contributed by atoms with Crippen molar-refractivity contribution >= 4 is 23.0 Å². The second-order valence-electron chi connectivity index (χ2n) is 8.09. The third-order valence-corrected chi connectivity index (χ3v) is 6.77. The van der Waals surface area contributed by atoms with Crippen molar-refractivity contribution in [1.29, 1.82) is 0 Å². The average molecular weight is 434 g/mol. The fourth-order valence-electron chi connectivity index (χ4n) is 4.73. The molecule has 0 spiro atoms. The second kappa shape index (κ2) is 8.71. The van der Waals surface area contributed by atoms with Gasteiger partial charge in [-0.05, 0) is 87.9 Å². The van der Waals surface area contributed by atoms with E-state index in [1.807, 2.05) is 18.3 Å². The molecule has 5 nitrogen and oxygen atoms in total. The predicted molar refractivity (Wildman–Crippen MR) is 132 cm³/mol. The van der Waals surface area contributed by atoms with Crippen molar-refractivity contribution in [3.05, 3.63) is 77.4 Å². The van der Waals surface area contributed by atoms with E-state index in [4.69, 9.17) is 12.2 Å². The van der Waals surface area contributed by atoms with Gasteiger partial charge in [-0.25, -0.2) is 0 Å². The Bertz CT molecular complexity index is 1050. The number of nitrogens with one attached hydrogen (secondary N) is 1. The molecule has 31 heavy (non-hydrogen) atoms. The fraction of sp³-hybridized carbons (Fsp3) is 0.360. The summed E-state index contributed by atoms with van der Waals surface area (Å²) in [4.78, 5) is 9.12. The van der Waals surface area contributed by atoms with Gasteiger partial charge in [0.25, 0.3) is 0 Å². The van der Waals surface area contributed by atoms with Crippen LogP contribution in [0.3, 0.4) is 0 Å². The van der Waals surface area contributed by atoms with Crippen molar-refractivity contribution in [2.45, 2.75) is 39.8 Å². The van der Waals surface area contributed by atoms with E-state index in [9.17, 15) is 0 Å². The highest BCUT2D eigenvalue weighted by Crippen LogP contribution is 2.40. The molecule has 0 radical (unpaired) electrons. The van der Waals surface area contributed by atoms with Crippen molar-refractivity contribution in [3.63, 3.8) is 0 Å². The average Bonchev–Trinajstić information content (AvgIpc) is 3.24. The molecule has 1 N–H and O–H groups in total. The van der Waals surface area contributed by atoms with Gasteiger partial charge in [0.05, 0.1) is 17.8 Å². The largest absolute Gasteiger partial charge is 0.372 e. The number of aromatic nitrogens is 2. The lowest BCUT2D eigenvalue weighted by atomic mass is 9.97. The first-order valence-corrected chi connectivity index (χ1v) is 11.4. The number of aryl methyl sites for hydroxylation is 1. The molecule has 162 valence electrons. The van der Waals surface area contributed by atoms with Gasteiger partial charge in [0.2, 0.25) is 0 Å². The van der Waals surface area contributed by atoms with Gasteiger partial charge in [0, 0.05) is 49.1 Å². The van der Waals surface area contributed by atoms with Crippen molar-refractivity contribution in [2.24, 2.45) is 0 Å². The van der Waals surface area contributed by atoms with Crippen LogP contribution in [0, 0.1) is 13.8 Å². The van der Waals surface area contributed by atoms with Gasteiger partial charge in [-0.1, -0.05) is 6.07 Å². The van der Waals surface area contributed by atoms with Crippen LogP contribution in [0.25, 0.3) is 5.69 Å². The number of anilines is 1. The molecule has 0 aliphatic carbocycles. The first-order valence-electron chi connectivity index (χ1n) is 10.9. The molecule has 1 saturated heterocycles. The summed E-state index contributed by atoms with van der Waals surface area (Å²) >= 11 is 5.61. The molecule has 6 heteroatoms. The SMILES string of the molecule is CCN(CC)c1ccc(-n2c(C)cc([C@H]3[C@@H](c4ccccn4)NC(=S)N3C)c2C)cc1. The van der Waals surface area contributed by atoms with Crippen molar-refractivity contribution in [3.8, 4) is 5.69 Å². The summed E-state index contributed by atoms with van der Waals surface area (Å²) in [6.07, 6.45) is 1.84. The highest BCUT2D eigenvalue weighted by Gasteiger charge is 2.39. The maximum absolute atomic E-state index is 5.61. The minimum absolute atomic E-state index is 0.0256. The molecule has 1 fully saturated rings. The van der Waals surface area contributed by atoms with Crippen LogP contribution in [-0.4, -0.2) is 39.7 Å². The fourth-order valence-corrected chi connectivity index (χ4v) is 4.97. The smallest absolute Gasteiger partial charge is 0.169 e. The number of hydrogen-bond acceptors (Lipinski definition) is 3. The number of likely N-dealkylation sites (N-methyl/N-ethyl adjacent to an activating group) is 1. The molecule has 4 rings (SSSR count). The van der Waals surface area contributed by atoms with Gasteiger partial charge in [0.15, 0.2) is 5.11 Å². The molecule has 0 unspecified atom stereocenters. The van der Waals surface area contributed by atoms with E-state index in [1.54, 1.807) is 0 Å². The lowest BCUT2D eigenvalue weighted by Crippen LogP contribution is -2.25. The summed E-state index contributed by atoms with van der Waals surface area (Å²) in [5, 5.41) is 4.24. The van der Waals surface area contributed by atoms with Crippen LogP contribution in [-0.2, 0) is 0 Å². The summed E-state index contributed by atoms with van der Waals surface area (Å²) in [6, 6.07) is 17.3. The molecule has 2 aromatic heterocycles. The molecule has 0 amide bonds. The van der Waals surface area contributed by atoms with Crippen molar-refractivity contribution in [1.82, 2.24) is 19.8 Å². The molecule has 3 heterocycles. The monoisotopic (exact) mass is 433 g/mol. The number of thiocarbonyl (C=S) groups is 1. The number of nitrogens with zero attached hydrogens (tertiary/aromatic N) is 4. The van der Waals surface area contributed by atoms with E-state index < -0.39 is 0 Å². The lowest BCUT2D eigenvalue weighted by Gasteiger charge is -2.25. The first-order chi connectivity index (χ1) is 15.0. The van der Waals surface area contributed by atoms with E-state index in [0.29, 0.717) is 0 Å². The number of pyridine rings is 1. The highest BCUT2D eigenvalue weighted by atomic mass is 32.1. The molecule has 1 aliphatic heterocycles. The van der Waals surface area contributed by atoms with Gasteiger partial charge < -0.3 is 19.7 Å². The van der Waals surface area contributed by atoms with E-state index >= 15 is 0 Å². The maximum Gasteiger partial charge on any atom is 0.169 e. The highest BCUT2D eigenvalue weighted by molar-refractivity contribution is 7.80. The molecule has 1 aliphatic rings. The van der Waals surface area contributed by atoms with Gasteiger partial charge in [-0.3, -0.25) is 4.98 Å². The molecule has 0 saturated carbocycles. The maximum atomic E-state index is 5.61. The van der Waals surface area contributed by atoms with Crippen LogP contribution in [0.2, 0.25) is 0 Å². The minimum atomic E-state index is 0.0256. The Hall–Kier alpha value is -2.86. The Morgan fingerprint density at radius 2 is 1.77 bits per heavy atom. The second-order valence-corrected chi connectivity index (χ2v) is 8.47. The molecular weight excluding hydrogens is 402 g/mol. The molecular formula is C25H31N5S. The number of benzene rings is 1. The summed E-state index contributed by atoms with van der Waals surface area (Å²) in [7, 11) is 2.06. The number of hydrogen-bond donors (Lipinski definition) is 1. The van der Waals surface area contributed by atoms with E-state index in [0.717, 1.165) is 23.9 Å². The summed E-state index contributed by atoms with van der Waals surface area (Å²) in [5.74, 6) is 0. The normalized spacial score (nSPS) is 18.4. The first kappa shape index (κ1) is 21.4. The van der Waals surface area contributed by atoms with Crippen LogP contribution in [0.15, 0.2) is 54.7 Å². The minimum Gasteiger partial charge on any atom is -0.372 e. The quantitative estimate of drug-likeness (QED) is 0.558. The molecule has 3 aromatic rings. The zero-order valence-electron chi connectivity index (χ0n) is 19.0. The van der Waals surface area contributed by atoms with Crippen LogP contribution in [0.4, 0.5) is 5.69 Å². The predicted octanol–water partition coefficient (Wildman–Crippen LogP) is 4.94. The summed E-state index contributed by atoms with van der Waals surface area (Å²) in [6.45, 7) is 10.8. The molecule has 2 atom stereocenters.